The van der Waals surface area contributed by atoms with E-state index in [2.05, 4.69) is 24.7 Å². The minimum absolute atomic E-state index is 0.0349. The molecule has 1 heterocycles. The van der Waals surface area contributed by atoms with Crippen LogP contribution in [-0.4, -0.2) is 35.5 Å². The predicted octanol–water partition coefficient (Wildman–Crippen LogP) is 3.56. The summed E-state index contributed by atoms with van der Waals surface area (Å²) in [7, 11) is -1.13. The maximum Gasteiger partial charge on any atom is 0.356 e. The van der Waals surface area contributed by atoms with Gasteiger partial charge in [0.05, 0.1) is 5.69 Å². The van der Waals surface area contributed by atoms with Crippen LogP contribution in [0.2, 0.25) is 25.7 Å². The smallest absolute Gasteiger partial charge is 0.356 e. The number of aromatic carboxylic acids is 1. The first-order chi connectivity index (χ1) is 10.4. The molecule has 0 atom stereocenters. The van der Waals surface area contributed by atoms with Crippen molar-refractivity contribution in [3.05, 3.63) is 42.1 Å². The molecule has 1 N–H and O–H groups in total. The van der Waals surface area contributed by atoms with E-state index in [0.29, 0.717) is 6.61 Å². The molecular weight excluding hydrogens is 296 g/mol. The Morgan fingerprint density at radius 3 is 2.55 bits per heavy atom. The van der Waals surface area contributed by atoms with Crippen LogP contribution in [-0.2, 0) is 11.5 Å². The molecule has 0 amide bonds. The second-order valence-electron chi connectivity index (χ2n) is 6.43. The highest BCUT2D eigenvalue weighted by atomic mass is 28.3. The molecule has 5 nitrogen and oxygen atoms in total. The molecule has 0 fully saturated rings. The van der Waals surface area contributed by atoms with Gasteiger partial charge in [0.25, 0.3) is 0 Å². The molecule has 0 saturated carbocycles. The molecule has 2 aromatic rings. The first kappa shape index (κ1) is 16.4. The minimum Gasteiger partial charge on any atom is -0.476 e. The first-order valence-corrected chi connectivity index (χ1v) is 11.0. The third-order valence-electron chi connectivity index (χ3n) is 3.28. The van der Waals surface area contributed by atoms with Crippen molar-refractivity contribution in [2.24, 2.45) is 0 Å². The highest BCUT2D eigenvalue weighted by Crippen LogP contribution is 2.20. The van der Waals surface area contributed by atoms with Crippen LogP contribution in [0.1, 0.15) is 10.5 Å². The van der Waals surface area contributed by atoms with E-state index in [1.807, 2.05) is 30.3 Å². The molecule has 0 radical (unpaired) electrons. The van der Waals surface area contributed by atoms with Gasteiger partial charge in [-0.25, -0.2) is 9.48 Å². The van der Waals surface area contributed by atoms with Crippen molar-refractivity contribution in [1.29, 1.82) is 0 Å². The Labute approximate surface area is 131 Å². The van der Waals surface area contributed by atoms with Gasteiger partial charge in [0.2, 0.25) is 0 Å². The van der Waals surface area contributed by atoms with Crippen molar-refractivity contribution in [2.75, 3.05) is 6.61 Å². The van der Waals surface area contributed by atoms with Crippen molar-refractivity contribution < 1.29 is 14.6 Å². The molecule has 0 aliphatic carbocycles. The van der Waals surface area contributed by atoms with Crippen LogP contribution in [0.5, 0.6) is 0 Å². The van der Waals surface area contributed by atoms with E-state index in [4.69, 9.17) is 9.84 Å². The monoisotopic (exact) mass is 318 g/mol. The summed E-state index contributed by atoms with van der Waals surface area (Å²) in [6.07, 6.45) is 0. The number of aromatic nitrogens is 2. The second kappa shape index (κ2) is 6.89. The van der Waals surface area contributed by atoms with Crippen molar-refractivity contribution in [3.8, 4) is 11.3 Å². The van der Waals surface area contributed by atoms with E-state index >= 15 is 0 Å². The van der Waals surface area contributed by atoms with E-state index < -0.39 is 14.0 Å². The molecule has 1 aromatic heterocycles. The molecule has 118 valence electrons. The summed E-state index contributed by atoms with van der Waals surface area (Å²) in [6.45, 7) is 7.82. The van der Waals surface area contributed by atoms with E-state index in [-0.39, 0.29) is 12.4 Å². The topological polar surface area (TPSA) is 64.4 Å². The summed E-state index contributed by atoms with van der Waals surface area (Å²) in [5, 5.41) is 13.3. The number of hydrogen-bond donors (Lipinski definition) is 1. The standard InChI is InChI=1S/C16H22N2O3Si/c1-22(2,3)10-9-21-12-18-15(11-14(17-18)16(19)20)13-7-5-4-6-8-13/h4-8,11H,9-10,12H2,1-3H3,(H,19,20). The summed E-state index contributed by atoms with van der Waals surface area (Å²) in [5.74, 6) is -1.03. The minimum atomic E-state index is -1.13. The number of rotatable bonds is 7. The summed E-state index contributed by atoms with van der Waals surface area (Å²) in [4.78, 5) is 11.1. The molecule has 0 bridgehead atoms. The lowest BCUT2D eigenvalue weighted by atomic mass is 10.1. The normalized spacial score (nSPS) is 11.6. The number of nitrogens with zero attached hydrogens (tertiary/aromatic N) is 2. The number of carbonyl (C=O) groups is 1. The number of carboxylic acids is 1. The Kier molecular flexibility index (Phi) is 5.15. The molecule has 0 saturated heterocycles. The van der Waals surface area contributed by atoms with E-state index in [9.17, 15) is 4.79 Å². The van der Waals surface area contributed by atoms with E-state index in [1.165, 1.54) is 0 Å². The SMILES string of the molecule is C[Si](C)(C)CCOCn1nc(C(=O)O)cc1-c1ccccc1. The number of hydrogen-bond acceptors (Lipinski definition) is 3. The molecule has 0 aliphatic heterocycles. The van der Waals surface area contributed by atoms with Crippen LogP contribution >= 0.6 is 0 Å². The van der Waals surface area contributed by atoms with E-state index in [0.717, 1.165) is 17.3 Å². The Hall–Kier alpha value is -1.92. The summed E-state index contributed by atoms with van der Waals surface area (Å²) in [6, 6.07) is 12.3. The molecule has 0 aliphatic rings. The van der Waals surface area contributed by atoms with Crippen LogP contribution in [0, 0.1) is 0 Å². The lowest BCUT2D eigenvalue weighted by molar-refractivity contribution is 0.0673. The average Bonchev–Trinajstić information content (AvgIpc) is 2.88. The van der Waals surface area contributed by atoms with Gasteiger partial charge in [-0.15, -0.1) is 0 Å². The second-order valence-corrected chi connectivity index (χ2v) is 12.1. The van der Waals surface area contributed by atoms with Crippen molar-refractivity contribution in [3.63, 3.8) is 0 Å². The number of ether oxygens (including phenoxy) is 1. The van der Waals surface area contributed by atoms with Gasteiger partial charge in [-0.1, -0.05) is 50.0 Å². The third kappa shape index (κ3) is 4.54. The van der Waals surface area contributed by atoms with Crippen molar-refractivity contribution in [1.82, 2.24) is 9.78 Å². The van der Waals surface area contributed by atoms with Gasteiger partial charge >= 0.3 is 5.97 Å². The maximum atomic E-state index is 11.1. The van der Waals surface area contributed by atoms with Crippen LogP contribution < -0.4 is 0 Å². The fourth-order valence-corrected chi connectivity index (χ4v) is 2.75. The number of benzene rings is 1. The maximum absolute atomic E-state index is 11.1. The summed E-state index contributed by atoms with van der Waals surface area (Å²) in [5.41, 5.74) is 1.72. The zero-order valence-corrected chi connectivity index (χ0v) is 14.2. The quantitative estimate of drug-likeness (QED) is 0.626. The molecular formula is C16H22N2O3Si. The van der Waals surface area contributed by atoms with Crippen LogP contribution in [0.25, 0.3) is 11.3 Å². The molecule has 22 heavy (non-hydrogen) atoms. The van der Waals surface area contributed by atoms with Gasteiger partial charge in [0, 0.05) is 14.7 Å². The lowest BCUT2D eigenvalue weighted by Gasteiger charge is -2.15. The summed E-state index contributed by atoms with van der Waals surface area (Å²) >= 11 is 0. The van der Waals surface area contributed by atoms with Crippen LogP contribution in [0.15, 0.2) is 36.4 Å². The first-order valence-electron chi connectivity index (χ1n) is 7.31. The molecule has 1 aromatic carbocycles. The molecule has 0 unspecified atom stereocenters. The Balaban J connectivity index is 2.14. The third-order valence-corrected chi connectivity index (χ3v) is 4.98. The number of carboxylic acid groups (broad SMARTS) is 1. The Morgan fingerprint density at radius 1 is 1.27 bits per heavy atom. The van der Waals surface area contributed by atoms with Gasteiger partial charge in [-0.2, -0.15) is 5.10 Å². The van der Waals surface area contributed by atoms with Gasteiger partial charge < -0.3 is 9.84 Å². The van der Waals surface area contributed by atoms with Gasteiger partial charge in [-0.05, 0) is 17.7 Å². The van der Waals surface area contributed by atoms with E-state index in [1.54, 1.807) is 10.7 Å². The predicted molar refractivity (Wildman–Crippen MR) is 88.7 cm³/mol. The zero-order valence-electron chi connectivity index (χ0n) is 13.2. The largest absolute Gasteiger partial charge is 0.476 e. The van der Waals surface area contributed by atoms with Crippen molar-refractivity contribution >= 4 is 14.0 Å². The highest BCUT2D eigenvalue weighted by Gasteiger charge is 2.15. The van der Waals surface area contributed by atoms with Gasteiger partial charge in [-0.3, -0.25) is 0 Å². The molecule has 0 spiro atoms. The summed E-state index contributed by atoms with van der Waals surface area (Å²) < 4.78 is 7.31. The zero-order chi connectivity index (χ0) is 16.2. The highest BCUT2D eigenvalue weighted by molar-refractivity contribution is 6.76. The molecule has 6 heteroatoms. The Bertz CT molecular complexity index is 633. The Morgan fingerprint density at radius 2 is 1.95 bits per heavy atom. The van der Waals surface area contributed by atoms with Crippen LogP contribution in [0.4, 0.5) is 0 Å². The fourth-order valence-electron chi connectivity index (χ4n) is 1.99. The molecule has 2 rings (SSSR count). The van der Waals surface area contributed by atoms with Crippen LogP contribution in [0.3, 0.4) is 0 Å². The van der Waals surface area contributed by atoms with Gasteiger partial charge in [0.1, 0.15) is 6.73 Å². The average molecular weight is 318 g/mol. The fraction of sp³-hybridized carbons (Fsp3) is 0.375. The van der Waals surface area contributed by atoms with Crippen molar-refractivity contribution in [2.45, 2.75) is 32.4 Å². The van der Waals surface area contributed by atoms with Gasteiger partial charge in [0.15, 0.2) is 5.69 Å². The lowest BCUT2D eigenvalue weighted by Crippen LogP contribution is -2.22.